The molecule has 0 bridgehead atoms. The van der Waals surface area contributed by atoms with Crippen molar-refractivity contribution in [1.29, 1.82) is 0 Å². The summed E-state index contributed by atoms with van der Waals surface area (Å²) in [6, 6.07) is 9.85. The number of amides is 1. The first kappa shape index (κ1) is 15.3. The summed E-state index contributed by atoms with van der Waals surface area (Å²) >= 11 is 6.12. The third-order valence-corrected chi connectivity index (χ3v) is 4.56. The molecule has 20 heavy (non-hydrogen) atoms. The molecule has 1 aromatic carbocycles. The van der Waals surface area contributed by atoms with Crippen LogP contribution in [-0.2, 0) is 15.1 Å². The van der Waals surface area contributed by atoms with Crippen LogP contribution >= 0.6 is 11.6 Å². The van der Waals surface area contributed by atoms with E-state index in [-0.39, 0.29) is 17.9 Å². The van der Waals surface area contributed by atoms with E-state index >= 15 is 0 Å². The molecule has 0 aromatic heterocycles. The van der Waals surface area contributed by atoms with E-state index in [0.29, 0.717) is 12.5 Å². The molecule has 1 fully saturated rings. The van der Waals surface area contributed by atoms with E-state index in [4.69, 9.17) is 16.3 Å². The van der Waals surface area contributed by atoms with Gasteiger partial charge in [-0.15, -0.1) is 11.6 Å². The zero-order valence-corrected chi connectivity index (χ0v) is 12.8. The van der Waals surface area contributed by atoms with E-state index in [1.165, 1.54) is 0 Å². The highest BCUT2D eigenvalue weighted by atomic mass is 35.5. The highest BCUT2D eigenvalue weighted by Crippen LogP contribution is 2.27. The molecule has 3 unspecified atom stereocenters. The Bertz CT molecular complexity index is 451. The highest BCUT2D eigenvalue weighted by molar-refractivity contribution is 6.18. The van der Waals surface area contributed by atoms with Gasteiger partial charge in [0.25, 0.3) is 0 Å². The molecule has 1 amide bonds. The normalized spacial score (nSPS) is 25.1. The van der Waals surface area contributed by atoms with Crippen LogP contribution in [0.4, 0.5) is 0 Å². The predicted molar refractivity (Wildman–Crippen MR) is 80.8 cm³/mol. The number of halogens is 1. The lowest BCUT2D eigenvalue weighted by Gasteiger charge is -2.31. The Kier molecular flexibility index (Phi) is 5.06. The van der Waals surface area contributed by atoms with Crippen molar-refractivity contribution in [2.45, 2.75) is 38.3 Å². The van der Waals surface area contributed by atoms with Gasteiger partial charge in [-0.1, -0.05) is 37.3 Å². The zero-order chi connectivity index (χ0) is 14.6. The maximum Gasteiger partial charge on any atom is 0.226 e. The van der Waals surface area contributed by atoms with E-state index in [9.17, 15) is 4.79 Å². The van der Waals surface area contributed by atoms with E-state index < -0.39 is 5.54 Å². The highest BCUT2D eigenvalue weighted by Gasteiger charge is 2.36. The fourth-order valence-corrected chi connectivity index (χ4v) is 2.93. The van der Waals surface area contributed by atoms with Crippen molar-refractivity contribution in [1.82, 2.24) is 5.32 Å². The Hall–Kier alpha value is -1.06. The molecule has 0 saturated carbocycles. The second-order valence-electron chi connectivity index (χ2n) is 5.53. The topological polar surface area (TPSA) is 38.3 Å². The Labute approximate surface area is 125 Å². The number of alkyl halides is 1. The van der Waals surface area contributed by atoms with Gasteiger partial charge in [-0.3, -0.25) is 4.79 Å². The number of ether oxygens (including phenoxy) is 1. The van der Waals surface area contributed by atoms with Crippen molar-refractivity contribution in [2.75, 3.05) is 12.5 Å². The first-order valence-corrected chi connectivity index (χ1v) is 7.69. The molecule has 3 nitrogen and oxygen atoms in total. The van der Waals surface area contributed by atoms with Gasteiger partial charge in [0.05, 0.1) is 17.6 Å². The van der Waals surface area contributed by atoms with Crippen LogP contribution in [0, 0.1) is 5.92 Å². The van der Waals surface area contributed by atoms with Gasteiger partial charge < -0.3 is 10.1 Å². The van der Waals surface area contributed by atoms with E-state index in [2.05, 4.69) is 5.32 Å². The molecule has 1 heterocycles. The number of hydrogen-bond acceptors (Lipinski definition) is 2. The Morgan fingerprint density at radius 1 is 1.45 bits per heavy atom. The second-order valence-corrected chi connectivity index (χ2v) is 5.80. The van der Waals surface area contributed by atoms with Gasteiger partial charge in [0, 0.05) is 12.5 Å². The first-order chi connectivity index (χ1) is 9.60. The maximum absolute atomic E-state index is 12.5. The van der Waals surface area contributed by atoms with Crippen LogP contribution < -0.4 is 5.32 Å². The summed E-state index contributed by atoms with van der Waals surface area (Å²) in [7, 11) is 0. The molecule has 4 heteroatoms. The van der Waals surface area contributed by atoms with Gasteiger partial charge in [0.15, 0.2) is 0 Å². The van der Waals surface area contributed by atoms with Crippen molar-refractivity contribution in [3.63, 3.8) is 0 Å². The van der Waals surface area contributed by atoms with Gasteiger partial charge in [-0.2, -0.15) is 0 Å². The Morgan fingerprint density at radius 3 is 2.75 bits per heavy atom. The lowest BCUT2D eigenvalue weighted by molar-refractivity contribution is -0.128. The quantitative estimate of drug-likeness (QED) is 0.848. The molecule has 1 aliphatic rings. The molecule has 1 N–H and O–H groups in total. The monoisotopic (exact) mass is 295 g/mol. The summed E-state index contributed by atoms with van der Waals surface area (Å²) in [5, 5.41) is 3.11. The van der Waals surface area contributed by atoms with E-state index in [0.717, 1.165) is 18.4 Å². The minimum absolute atomic E-state index is 0.0327. The standard InChI is InChI=1S/C16H22ClNO2/c1-3-14-13(9-10-20-14)15(19)18-16(2,11-17)12-7-5-4-6-8-12/h4-8,13-14H,3,9-11H2,1-2H3,(H,18,19). The molecule has 110 valence electrons. The van der Waals surface area contributed by atoms with Crippen molar-refractivity contribution in [2.24, 2.45) is 5.92 Å². The average molecular weight is 296 g/mol. The maximum atomic E-state index is 12.5. The van der Waals surface area contributed by atoms with Crippen LogP contribution in [0.2, 0.25) is 0 Å². The Morgan fingerprint density at radius 2 is 2.15 bits per heavy atom. The number of carbonyl (C=O) groups is 1. The number of hydrogen-bond donors (Lipinski definition) is 1. The zero-order valence-electron chi connectivity index (χ0n) is 12.1. The van der Waals surface area contributed by atoms with Gasteiger partial charge in [0.1, 0.15) is 0 Å². The molecule has 0 aliphatic carbocycles. The number of benzene rings is 1. The third-order valence-electron chi connectivity index (χ3n) is 4.03. The summed E-state index contributed by atoms with van der Waals surface area (Å²) in [6.07, 6.45) is 1.68. The van der Waals surface area contributed by atoms with Gasteiger partial charge in [0.2, 0.25) is 5.91 Å². The molecular weight excluding hydrogens is 274 g/mol. The minimum Gasteiger partial charge on any atom is -0.377 e. The van der Waals surface area contributed by atoms with Crippen LogP contribution in [0.5, 0.6) is 0 Å². The summed E-state index contributed by atoms with van der Waals surface area (Å²) in [4.78, 5) is 12.5. The second kappa shape index (κ2) is 6.59. The molecular formula is C16H22ClNO2. The van der Waals surface area contributed by atoms with Crippen LogP contribution in [-0.4, -0.2) is 24.5 Å². The van der Waals surface area contributed by atoms with Crippen LogP contribution in [0.15, 0.2) is 30.3 Å². The lowest BCUT2D eigenvalue weighted by atomic mass is 9.91. The average Bonchev–Trinajstić information content (AvgIpc) is 2.96. The van der Waals surface area contributed by atoms with E-state index in [1.807, 2.05) is 44.2 Å². The van der Waals surface area contributed by atoms with Gasteiger partial charge in [-0.05, 0) is 25.3 Å². The molecule has 0 spiro atoms. The number of rotatable bonds is 5. The first-order valence-electron chi connectivity index (χ1n) is 7.16. The third kappa shape index (κ3) is 3.15. The van der Waals surface area contributed by atoms with Crippen molar-refractivity contribution < 1.29 is 9.53 Å². The lowest BCUT2D eigenvalue weighted by Crippen LogP contribution is -2.48. The fourth-order valence-electron chi connectivity index (χ4n) is 2.70. The summed E-state index contributed by atoms with van der Waals surface area (Å²) in [5.74, 6) is 0.320. The van der Waals surface area contributed by atoms with Crippen LogP contribution in [0.25, 0.3) is 0 Å². The summed E-state index contributed by atoms with van der Waals surface area (Å²) in [6.45, 7) is 4.68. The van der Waals surface area contributed by atoms with Crippen molar-refractivity contribution in [3.05, 3.63) is 35.9 Å². The largest absolute Gasteiger partial charge is 0.377 e. The molecule has 3 atom stereocenters. The molecule has 0 radical (unpaired) electrons. The molecule has 1 aromatic rings. The summed E-state index contributed by atoms with van der Waals surface area (Å²) < 4.78 is 5.60. The number of nitrogens with one attached hydrogen (secondary N) is 1. The van der Waals surface area contributed by atoms with Crippen molar-refractivity contribution in [3.8, 4) is 0 Å². The van der Waals surface area contributed by atoms with Gasteiger partial charge >= 0.3 is 0 Å². The Balaban J connectivity index is 2.12. The van der Waals surface area contributed by atoms with Crippen LogP contribution in [0.3, 0.4) is 0 Å². The molecule has 2 rings (SSSR count). The minimum atomic E-state index is -0.541. The van der Waals surface area contributed by atoms with Crippen LogP contribution in [0.1, 0.15) is 32.3 Å². The number of carbonyl (C=O) groups excluding carboxylic acids is 1. The summed E-state index contributed by atoms with van der Waals surface area (Å²) in [5.41, 5.74) is 0.483. The molecule has 1 aliphatic heterocycles. The smallest absolute Gasteiger partial charge is 0.226 e. The van der Waals surface area contributed by atoms with Gasteiger partial charge in [-0.25, -0.2) is 0 Å². The predicted octanol–water partition coefficient (Wildman–Crippen LogP) is 3.07. The van der Waals surface area contributed by atoms with Crippen molar-refractivity contribution >= 4 is 17.5 Å². The van der Waals surface area contributed by atoms with E-state index in [1.54, 1.807) is 0 Å². The SMILES string of the molecule is CCC1OCCC1C(=O)NC(C)(CCl)c1ccccc1. The fraction of sp³-hybridized carbons (Fsp3) is 0.562. The molecule has 1 saturated heterocycles.